The molecule has 0 saturated carbocycles. The minimum atomic E-state index is -0.211. The van der Waals surface area contributed by atoms with Crippen LogP contribution in [0.3, 0.4) is 0 Å². The summed E-state index contributed by atoms with van der Waals surface area (Å²) in [5, 5.41) is 3.20. The van der Waals surface area contributed by atoms with Crippen LogP contribution >= 0.6 is 27.5 Å². The highest BCUT2D eigenvalue weighted by atomic mass is 79.9. The Labute approximate surface area is 92.6 Å². The molecule has 1 N–H and O–H groups in total. The van der Waals surface area contributed by atoms with Gasteiger partial charge in [-0.05, 0) is 28.1 Å². The van der Waals surface area contributed by atoms with Crippen molar-refractivity contribution in [3.63, 3.8) is 0 Å². The monoisotopic (exact) mass is 273 g/mol. The Morgan fingerprint density at radius 1 is 1.57 bits per heavy atom. The molecule has 0 atom stereocenters. The summed E-state index contributed by atoms with van der Waals surface area (Å²) in [6.07, 6.45) is 1.57. The molecule has 0 aromatic carbocycles. The number of halogens is 2. The number of H-pyrrole nitrogens is 1. The largest absolute Gasteiger partial charge is 0.282 e. The third-order valence-electron chi connectivity index (χ3n) is 1.64. The molecule has 2 aromatic rings. The summed E-state index contributed by atoms with van der Waals surface area (Å²) in [6, 6.07) is 4.78. The van der Waals surface area contributed by atoms with Crippen molar-refractivity contribution in [1.82, 2.24) is 14.8 Å². The molecule has 0 saturated heterocycles. The summed E-state index contributed by atoms with van der Waals surface area (Å²) in [5.74, 6) is 0.393. The Morgan fingerprint density at radius 3 is 2.93 bits per heavy atom. The Bertz CT molecular complexity index is 519. The first-order chi connectivity index (χ1) is 6.68. The maximum Gasteiger partial charge on any atom is 0.273 e. The van der Waals surface area contributed by atoms with Crippen LogP contribution in [0.4, 0.5) is 0 Å². The van der Waals surface area contributed by atoms with Gasteiger partial charge in [-0.15, -0.1) is 0 Å². The third-order valence-corrected chi connectivity index (χ3v) is 2.34. The van der Waals surface area contributed by atoms with E-state index in [-0.39, 0.29) is 5.56 Å². The minimum absolute atomic E-state index is 0.211. The molecule has 72 valence electrons. The molecule has 2 rings (SSSR count). The van der Waals surface area contributed by atoms with Gasteiger partial charge in [-0.1, -0.05) is 11.6 Å². The smallest absolute Gasteiger partial charge is 0.273 e. The molecule has 0 aliphatic heterocycles. The molecule has 0 fully saturated rings. The molecule has 0 spiro atoms. The predicted molar refractivity (Wildman–Crippen MR) is 56.9 cm³/mol. The summed E-state index contributed by atoms with van der Waals surface area (Å²) < 4.78 is 1.86. The molecule has 0 amide bonds. The number of pyridine rings is 1. The fraction of sp³-hybridized carbons (Fsp3) is 0. The second-order valence-corrected chi connectivity index (χ2v) is 3.85. The van der Waals surface area contributed by atoms with Crippen LogP contribution in [0.2, 0.25) is 5.02 Å². The lowest BCUT2D eigenvalue weighted by molar-refractivity contribution is 0.812. The zero-order chi connectivity index (χ0) is 10.1. The van der Waals surface area contributed by atoms with Crippen LogP contribution in [0, 0.1) is 0 Å². The van der Waals surface area contributed by atoms with Crippen LogP contribution in [0.5, 0.6) is 0 Å². The number of nitrogens with one attached hydrogen (secondary N) is 1. The van der Waals surface area contributed by atoms with Gasteiger partial charge in [0.05, 0.1) is 5.02 Å². The topological polar surface area (TPSA) is 50.7 Å². The van der Waals surface area contributed by atoms with E-state index in [9.17, 15) is 4.79 Å². The normalized spacial score (nSPS) is 10.4. The van der Waals surface area contributed by atoms with Crippen molar-refractivity contribution in [3.05, 3.63) is 44.4 Å². The Balaban J connectivity index is 2.66. The third kappa shape index (κ3) is 1.60. The Kier molecular flexibility index (Phi) is 2.43. The summed E-state index contributed by atoms with van der Waals surface area (Å²) in [4.78, 5) is 15.4. The molecule has 14 heavy (non-hydrogen) atoms. The lowest BCUT2D eigenvalue weighted by atomic mass is 10.4. The number of rotatable bonds is 1. The van der Waals surface area contributed by atoms with Gasteiger partial charge < -0.3 is 0 Å². The molecule has 6 heteroatoms. The van der Waals surface area contributed by atoms with Crippen LogP contribution in [-0.4, -0.2) is 14.8 Å². The van der Waals surface area contributed by atoms with Crippen molar-refractivity contribution in [2.24, 2.45) is 0 Å². The molecule has 0 radical (unpaired) electrons. The molecule has 4 nitrogen and oxygen atoms in total. The summed E-state index contributed by atoms with van der Waals surface area (Å²) in [7, 11) is 0. The molecule has 2 heterocycles. The summed E-state index contributed by atoms with van der Waals surface area (Å²) in [6.45, 7) is 0. The lowest BCUT2D eigenvalue weighted by Crippen LogP contribution is -2.15. The van der Waals surface area contributed by atoms with E-state index in [0.29, 0.717) is 15.4 Å². The van der Waals surface area contributed by atoms with E-state index in [1.807, 2.05) is 0 Å². The highest BCUT2D eigenvalue weighted by molar-refractivity contribution is 9.10. The average Bonchev–Trinajstić information content (AvgIpc) is 2.46. The van der Waals surface area contributed by atoms with Crippen LogP contribution in [0.1, 0.15) is 0 Å². The van der Waals surface area contributed by atoms with Crippen LogP contribution in [0.15, 0.2) is 33.8 Å². The first-order valence-corrected chi connectivity index (χ1v) is 4.94. The number of nitrogens with zero attached hydrogens (tertiary/aromatic N) is 2. The zero-order valence-corrected chi connectivity index (χ0v) is 9.21. The standard InChI is InChI=1S/C8H5BrClN3O/c9-6-4-7(14)13(12-6)8-5(10)2-1-3-11-8/h1-4,12H. The van der Waals surface area contributed by atoms with Gasteiger partial charge in [0.15, 0.2) is 5.82 Å². The quantitative estimate of drug-likeness (QED) is 0.864. The maximum absolute atomic E-state index is 11.4. The number of hydrogen-bond donors (Lipinski definition) is 1. The predicted octanol–water partition coefficient (Wildman–Crippen LogP) is 1.98. The fourth-order valence-electron chi connectivity index (χ4n) is 1.07. The van der Waals surface area contributed by atoms with E-state index in [1.165, 1.54) is 10.7 Å². The SMILES string of the molecule is O=c1cc(Br)[nH]n1-c1ncccc1Cl. The van der Waals surface area contributed by atoms with Crippen molar-refractivity contribution in [2.45, 2.75) is 0 Å². The van der Waals surface area contributed by atoms with Gasteiger partial charge in [0.25, 0.3) is 5.56 Å². The molecule has 0 aliphatic carbocycles. The maximum atomic E-state index is 11.4. The molecule has 0 unspecified atom stereocenters. The van der Waals surface area contributed by atoms with Crippen molar-refractivity contribution < 1.29 is 0 Å². The van der Waals surface area contributed by atoms with E-state index in [4.69, 9.17) is 11.6 Å². The average molecular weight is 275 g/mol. The van der Waals surface area contributed by atoms with E-state index in [0.717, 1.165) is 0 Å². The highest BCUT2D eigenvalue weighted by Crippen LogP contribution is 2.15. The molecule has 0 bridgehead atoms. The molecule has 2 aromatic heterocycles. The van der Waals surface area contributed by atoms with Gasteiger partial charge in [-0.2, -0.15) is 4.68 Å². The van der Waals surface area contributed by atoms with Crippen molar-refractivity contribution >= 4 is 27.5 Å². The lowest BCUT2D eigenvalue weighted by Gasteiger charge is -2.01. The number of aromatic amines is 1. The van der Waals surface area contributed by atoms with E-state index >= 15 is 0 Å². The second-order valence-electron chi connectivity index (χ2n) is 2.59. The summed E-state index contributed by atoms with van der Waals surface area (Å²) >= 11 is 9.04. The van der Waals surface area contributed by atoms with Gasteiger partial charge in [0, 0.05) is 12.3 Å². The van der Waals surface area contributed by atoms with E-state index in [1.54, 1.807) is 18.3 Å². The number of aromatic nitrogens is 3. The van der Waals surface area contributed by atoms with Crippen LogP contribution < -0.4 is 5.56 Å². The highest BCUT2D eigenvalue weighted by Gasteiger charge is 2.07. The van der Waals surface area contributed by atoms with Crippen molar-refractivity contribution in [1.29, 1.82) is 0 Å². The number of hydrogen-bond acceptors (Lipinski definition) is 2. The minimum Gasteiger partial charge on any atom is -0.282 e. The second kappa shape index (κ2) is 3.59. The van der Waals surface area contributed by atoms with Gasteiger partial charge >= 0.3 is 0 Å². The Hall–Kier alpha value is -1.07. The zero-order valence-electron chi connectivity index (χ0n) is 6.87. The first-order valence-electron chi connectivity index (χ1n) is 3.77. The fourth-order valence-corrected chi connectivity index (χ4v) is 1.65. The van der Waals surface area contributed by atoms with Gasteiger partial charge in [0.1, 0.15) is 4.60 Å². The van der Waals surface area contributed by atoms with Crippen LogP contribution in [-0.2, 0) is 0 Å². The van der Waals surface area contributed by atoms with Gasteiger partial charge in [-0.25, -0.2) is 4.98 Å². The van der Waals surface area contributed by atoms with Crippen LogP contribution in [0.25, 0.3) is 5.82 Å². The summed E-state index contributed by atoms with van der Waals surface area (Å²) in [5.41, 5.74) is -0.211. The molecule has 0 aliphatic rings. The van der Waals surface area contributed by atoms with Crippen molar-refractivity contribution in [2.75, 3.05) is 0 Å². The van der Waals surface area contributed by atoms with Gasteiger partial charge in [-0.3, -0.25) is 9.89 Å². The van der Waals surface area contributed by atoms with Gasteiger partial charge in [0.2, 0.25) is 0 Å². The van der Waals surface area contributed by atoms with E-state index in [2.05, 4.69) is 26.0 Å². The first kappa shape index (κ1) is 9.48. The van der Waals surface area contributed by atoms with E-state index < -0.39 is 0 Å². The molecular formula is C8H5BrClN3O. The van der Waals surface area contributed by atoms with Crippen molar-refractivity contribution in [3.8, 4) is 5.82 Å². The Morgan fingerprint density at radius 2 is 2.36 bits per heavy atom. The molecular weight excluding hydrogens is 269 g/mol.